The van der Waals surface area contributed by atoms with Gasteiger partial charge < -0.3 is 14.8 Å². The van der Waals surface area contributed by atoms with Gasteiger partial charge in [-0.15, -0.1) is 0 Å². The summed E-state index contributed by atoms with van der Waals surface area (Å²) < 4.78 is 11.2. The monoisotopic (exact) mass is 348 g/mol. The number of likely N-dealkylation sites (tertiary alicyclic amines) is 1. The van der Waals surface area contributed by atoms with Crippen molar-refractivity contribution < 1.29 is 14.3 Å². The van der Waals surface area contributed by atoms with Gasteiger partial charge in [0, 0.05) is 19.3 Å². The lowest BCUT2D eigenvalue weighted by molar-refractivity contribution is -0.136. The molecule has 0 unspecified atom stereocenters. The van der Waals surface area contributed by atoms with Crippen LogP contribution in [0.25, 0.3) is 0 Å². The van der Waals surface area contributed by atoms with Gasteiger partial charge in [0.25, 0.3) is 5.91 Å². The van der Waals surface area contributed by atoms with E-state index in [0.717, 1.165) is 18.0 Å². The van der Waals surface area contributed by atoms with E-state index in [0.29, 0.717) is 13.0 Å². The Bertz CT molecular complexity index is 518. The van der Waals surface area contributed by atoms with E-state index in [1.165, 1.54) is 38.8 Å². The fourth-order valence-corrected chi connectivity index (χ4v) is 2.95. The largest absolute Gasteiger partial charge is 0.492 e. The first-order valence-electron chi connectivity index (χ1n) is 9.39. The number of nitrogens with zero attached hydrogens (tertiary/aromatic N) is 1. The first-order chi connectivity index (χ1) is 12.1. The molecule has 140 valence electrons. The maximum atomic E-state index is 12.3. The second-order valence-corrected chi connectivity index (χ2v) is 6.87. The van der Waals surface area contributed by atoms with Crippen molar-refractivity contribution in [2.75, 3.05) is 38.7 Å². The van der Waals surface area contributed by atoms with Gasteiger partial charge in [-0.2, -0.15) is 0 Å². The highest BCUT2D eigenvalue weighted by molar-refractivity contribution is 5.97. The molecule has 0 bridgehead atoms. The zero-order valence-corrected chi connectivity index (χ0v) is 15.8. The van der Waals surface area contributed by atoms with Crippen molar-refractivity contribution in [1.29, 1.82) is 0 Å². The molecule has 0 radical (unpaired) electrons. The normalized spacial score (nSPS) is 18.2. The molecule has 0 spiro atoms. The Morgan fingerprint density at radius 1 is 1.16 bits per heavy atom. The van der Waals surface area contributed by atoms with Crippen LogP contribution in [0.3, 0.4) is 0 Å². The molecule has 1 saturated heterocycles. The van der Waals surface area contributed by atoms with Crippen LogP contribution in [0.15, 0.2) is 24.3 Å². The maximum Gasteiger partial charge on any atom is 0.256 e. The van der Waals surface area contributed by atoms with Crippen molar-refractivity contribution in [2.45, 2.75) is 51.6 Å². The van der Waals surface area contributed by atoms with Crippen molar-refractivity contribution in [3.05, 3.63) is 24.3 Å². The van der Waals surface area contributed by atoms with Crippen LogP contribution < -0.4 is 10.1 Å². The Labute approximate surface area is 151 Å². The Kier molecular flexibility index (Phi) is 7.72. The van der Waals surface area contributed by atoms with Crippen molar-refractivity contribution in [3.63, 3.8) is 0 Å². The molecule has 0 saturated carbocycles. The minimum atomic E-state index is -0.803. The van der Waals surface area contributed by atoms with Crippen molar-refractivity contribution in [3.8, 4) is 5.75 Å². The minimum Gasteiger partial charge on any atom is -0.492 e. The van der Waals surface area contributed by atoms with Crippen molar-refractivity contribution >= 4 is 11.6 Å². The molecule has 25 heavy (non-hydrogen) atoms. The average molecular weight is 348 g/mol. The van der Waals surface area contributed by atoms with Crippen molar-refractivity contribution in [2.24, 2.45) is 0 Å². The summed E-state index contributed by atoms with van der Waals surface area (Å²) in [4.78, 5) is 14.8. The summed E-state index contributed by atoms with van der Waals surface area (Å²) in [5, 5.41) is 2.90. The van der Waals surface area contributed by atoms with E-state index in [1.54, 1.807) is 14.0 Å². The van der Waals surface area contributed by atoms with E-state index in [1.807, 2.05) is 31.2 Å². The van der Waals surface area contributed by atoms with Crippen LogP contribution in [0.4, 0.5) is 5.69 Å². The molecule has 1 aliphatic heterocycles. The van der Waals surface area contributed by atoms with E-state index in [9.17, 15) is 4.79 Å². The number of rotatable bonds is 8. The summed E-state index contributed by atoms with van der Waals surface area (Å²) in [6.07, 6.45) is 5.92. The average Bonchev–Trinajstić information content (AvgIpc) is 2.91. The van der Waals surface area contributed by atoms with Crippen LogP contribution >= 0.6 is 0 Å². The van der Waals surface area contributed by atoms with Gasteiger partial charge in [0.15, 0.2) is 0 Å². The topological polar surface area (TPSA) is 50.8 Å². The number of anilines is 1. The van der Waals surface area contributed by atoms with E-state index >= 15 is 0 Å². The number of amides is 1. The Balaban J connectivity index is 1.78. The molecule has 1 aliphatic rings. The Morgan fingerprint density at radius 2 is 1.80 bits per heavy atom. The van der Waals surface area contributed by atoms with Gasteiger partial charge >= 0.3 is 0 Å². The molecule has 1 heterocycles. The van der Waals surface area contributed by atoms with Gasteiger partial charge in [0.05, 0.1) is 0 Å². The van der Waals surface area contributed by atoms with E-state index in [4.69, 9.17) is 9.47 Å². The van der Waals surface area contributed by atoms with Crippen LogP contribution in [-0.4, -0.2) is 49.8 Å². The highest BCUT2D eigenvalue weighted by Crippen LogP contribution is 2.20. The number of carbonyl (C=O) groups is 1. The maximum absolute atomic E-state index is 12.3. The second kappa shape index (κ2) is 9.78. The van der Waals surface area contributed by atoms with Gasteiger partial charge in [-0.25, -0.2) is 0 Å². The second-order valence-electron chi connectivity index (χ2n) is 6.87. The SMILES string of the molecule is CC[C@](C)(OC)C(=O)Nc1ccc(OCCN2CCCCCC2)cc1. The van der Waals surface area contributed by atoms with E-state index in [2.05, 4.69) is 10.2 Å². The fourth-order valence-electron chi connectivity index (χ4n) is 2.95. The van der Waals surface area contributed by atoms with Crippen molar-refractivity contribution in [1.82, 2.24) is 4.90 Å². The minimum absolute atomic E-state index is 0.132. The molecule has 1 aromatic rings. The lowest BCUT2D eigenvalue weighted by Gasteiger charge is -2.25. The predicted molar refractivity (Wildman–Crippen MR) is 101 cm³/mol. The van der Waals surface area contributed by atoms with Crippen LogP contribution in [0.2, 0.25) is 0 Å². The molecular weight excluding hydrogens is 316 g/mol. The Hall–Kier alpha value is -1.59. The van der Waals surface area contributed by atoms with Gasteiger partial charge in [-0.3, -0.25) is 9.69 Å². The Morgan fingerprint density at radius 3 is 2.36 bits per heavy atom. The molecule has 0 aromatic heterocycles. The predicted octanol–water partition coefficient (Wildman–Crippen LogP) is 3.70. The van der Waals surface area contributed by atoms with Gasteiger partial charge in [0.1, 0.15) is 18.0 Å². The lowest BCUT2D eigenvalue weighted by atomic mass is 10.0. The number of nitrogens with one attached hydrogen (secondary N) is 1. The highest BCUT2D eigenvalue weighted by atomic mass is 16.5. The summed E-state index contributed by atoms with van der Waals surface area (Å²) >= 11 is 0. The summed E-state index contributed by atoms with van der Waals surface area (Å²) in [7, 11) is 1.56. The van der Waals surface area contributed by atoms with Crippen LogP contribution in [-0.2, 0) is 9.53 Å². The quantitative estimate of drug-likeness (QED) is 0.778. The number of carbonyl (C=O) groups excluding carboxylic acids is 1. The number of methoxy groups -OCH3 is 1. The van der Waals surface area contributed by atoms with Gasteiger partial charge in [-0.05, 0) is 63.5 Å². The molecule has 1 fully saturated rings. The third-order valence-corrected chi connectivity index (χ3v) is 5.09. The third kappa shape index (κ3) is 6.01. The first kappa shape index (κ1) is 19.7. The number of hydrogen-bond acceptors (Lipinski definition) is 4. The molecular formula is C20H32N2O3. The first-order valence-corrected chi connectivity index (χ1v) is 9.39. The smallest absolute Gasteiger partial charge is 0.256 e. The standard InChI is InChI=1S/C20H32N2O3/c1-4-20(2,24-3)19(23)21-17-9-11-18(12-10-17)25-16-15-22-13-7-5-6-8-14-22/h9-12H,4-8,13-16H2,1-3H3,(H,21,23)/t20-/m0/s1. The number of hydrogen-bond donors (Lipinski definition) is 1. The summed E-state index contributed by atoms with van der Waals surface area (Å²) in [5.41, 5.74) is -0.0518. The van der Waals surface area contributed by atoms with E-state index < -0.39 is 5.60 Å². The summed E-state index contributed by atoms with van der Waals surface area (Å²) in [6.45, 7) is 7.77. The molecule has 1 amide bonds. The summed E-state index contributed by atoms with van der Waals surface area (Å²) in [5.74, 6) is 0.699. The number of benzene rings is 1. The van der Waals surface area contributed by atoms with Crippen LogP contribution in [0.1, 0.15) is 46.0 Å². The molecule has 1 atom stereocenters. The van der Waals surface area contributed by atoms with E-state index in [-0.39, 0.29) is 5.91 Å². The molecule has 0 aliphatic carbocycles. The zero-order chi connectivity index (χ0) is 18.1. The summed E-state index contributed by atoms with van der Waals surface area (Å²) in [6, 6.07) is 7.53. The molecule has 5 nitrogen and oxygen atoms in total. The fraction of sp³-hybridized carbons (Fsp3) is 0.650. The third-order valence-electron chi connectivity index (χ3n) is 5.09. The zero-order valence-electron chi connectivity index (χ0n) is 15.8. The van der Waals surface area contributed by atoms with Crippen LogP contribution in [0.5, 0.6) is 5.75 Å². The van der Waals surface area contributed by atoms with Gasteiger partial charge in [-0.1, -0.05) is 19.8 Å². The number of ether oxygens (including phenoxy) is 2. The molecule has 2 rings (SSSR count). The molecule has 1 aromatic carbocycles. The van der Waals surface area contributed by atoms with Gasteiger partial charge in [0.2, 0.25) is 0 Å². The lowest BCUT2D eigenvalue weighted by Crippen LogP contribution is -2.41. The van der Waals surface area contributed by atoms with Crippen LogP contribution in [0, 0.1) is 0 Å². The molecule has 1 N–H and O–H groups in total. The highest BCUT2D eigenvalue weighted by Gasteiger charge is 2.30. The molecule has 5 heteroatoms.